The lowest BCUT2D eigenvalue weighted by Crippen LogP contribution is -2.46. The molecule has 7 heteroatoms. The quantitative estimate of drug-likeness (QED) is 0.823. The minimum atomic E-state index is -2.94. The van der Waals surface area contributed by atoms with Crippen molar-refractivity contribution in [1.29, 1.82) is 0 Å². The average Bonchev–Trinajstić information content (AvgIpc) is 3.30. The maximum Gasteiger partial charge on any atom is 0.326 e. The fraction of sp³-hybridized carbons (Fsp3) is 0.857. The molecule has 0 bridgehead atoms. The van der Waals surface area contributed by atoms with Crippen molar-refractivity contribution in [1.82, 2.24) is 4.90 Å². The Labute approximate surface area is 124 Å². The second-order valence-electron chi connectivity index (χ2n) is 6.76. The monoisotopic (exact) mass is 315 g/mol. The molecule has 1 aliphatic heterocycles. The highest BCUT2D eigenvalue weighted by Gasteiger charge is 2.61. The summed E-state index contributed by atoms with van der Waals surface area (Å²) in [5, 5.41) is 9.18. The lowest BCUT2D eigenvalue weighted by atomic mass is 9.95. The number of carboxylic acid groups (broad SMARTS) is 1. The van der Waals surface area contributed by atoms with Crippen LogP contribution in [0.25, 0.3) is 0 Å². The highest BCUT2D eigenvalue weighted by atomic mass is 32.2. The summed E-state index contributed by atoms with van der Waals surface area (Å²) in [7, 11) is -2.94. The number of carbonyl (C=O) groups excluding carboxylic acids is 1. The van der Waals surface area contributed by atoms with E-state index in [1.54, 1.807) is 6.92 Å². The van der Waals surface area contributed by atoms with Crippen LogP contribution in [-0.2, 0) is 19.4 Å². The molecule has 2 aliphatic carbocycles. The van der Waals surface area contributed by atoms with Crippen molar-refractivity contribution < 1.29 is 23.1 Å². The molecule has 3 fully saturated rings. The molecule has 3 aliphatic rings. The molecule has 0 aromatic rings. The number of hydrogen-bond donors (Lipinski definition) is 1. The molecule has 3 rings (SSSR count). The molecular weight excluding hydrogens is 294 g/mol. The van der Waals surface area contributed by atoms with E-state index in [4.69, 9.17) is 0 Å². The van der Waals surface area contributed by atoms with Crippen molar-refractivity contribution >= 4 is 21.7 Å². The standard InChI is InChI=1S/C14H21NO5S/c1-9(13(17)18)15(10-2-3-10)12(16)11-8-14(11)4-6-21(19,20)7-5-14/h9-11H,2-8H2,1H3,(H,17,18). The summed E-state index contributed by atoms with van der Waals surface area (Å²) in [6.07, 6.45) is 3.56. The maximum absolute atomic E-state index is 12.7. The van der Waals surface area contributed by atoms with Crippen LogP contribution in [0.1, 0.15) is 39.0 Å². The van der Waals surface area contributed by atoms with E-state index in [0.717, 1.165) is 19.3 Å². The molecule has 1 spiro atoms. The lowest BCUT2D eigenvalue weighted by Gasteiger charge is -2.29. The zero-order chi connectivity index (χ0) is 15.4. The van der Waals surface area contributed by atoms with E-state index < -0.39 is 21.8 Å². The SMILES string of the molecule is CC(C(=O)O)N(C(=O)C1CC12CCS(=O)(=O)CC2)C1CC1. The van der Waals surface area contributed by atoms with Gasteiger partial charge in [-0.1, -0.05) is 0 Å². The first-order chi connectivity index (χ1) is 9.76. The summed E-state index contributed by atoms with van der Waals surface area (Å²) < 4.78 is 23.0. The highest BCUT2D eigenvalue weighted by Crippen LogP contribution is 2.60. The zero-order valence-corrected chi connectivity index (χ0v) is 12.9. The maximum atomic E-state index is 12.7. The minimum Gasteiger partial charge on any atom is -0.480 e. The van der Waals surface area contributed by atoms with E-state index in [1.807, 2.05) is 0 Å². The molecule has 118 valence electrons. The Morgan fingerprint density at radius 1 is 1.24 bits per heavy atom. The van der Waals surface area contributed by atoms with Gasteiger partial charge in [-0.15, -0.1) is 0 Å². The van der Waals surface area contributed by atoms with E-state index >= 15 is 0 Å². The predicted molar refractivity (Wildman–Crippen MR) is 75.4 cm³/mol. The minimum absolute atomic E-state index is 0.0635. The van der Waals surface area contributed by atoms with Gasteiger partial charge >= 0.3 is 5.97 Å². The third kappa shape index (κ3) is 2.67. The van der Waals surface area contributed by atoms with Gasteiger partial charge in [-0.3, -0.25) is 4.79 Å². The molecule has 1 amide bonds. The Morgan fingerprint density at radius 3 is 2.29 bits per heavy atom. The van der Waals surface area contributed by atoms with Gasteiger partial charge in [-0.05, 0) is 44.4 Å². The third-order valence-electron chi connectivity index (χ3n) is 5.28. The normalized spacial score (nSPS) is 30.6. The van der Waals surface area contributed by atoms with Crippen molar-refractivity contribution in [2.75, 3.05) is 11.5 Å². The molecular formula is C14H21NO5S. The van der Waals surface area contributed by atoms with Gasteiger partial charge in [0.25, 0.3) is 0 Å². The second kappa shape index (κ2) is 4.69. The second-order valence-corrected chi connectivity index (χ2v) is 9.07. The summed E-state index contributed by atoms with van der Waals surface area (Å²) in [6.45, 7) is 1.55. The lowest BCUT2D eigenvalue weighted by molar-refractivity contribution is -0.151. The van der Waals surface area contributed by atoms with Crippen LogP contribution in [-0.4, -0.2) is 53.9 Å². The van der Waals surface area contributed by atoms with Crippen molar-refractivity contribution in [3.05, 3.63) is 0 Å². The number of sulfone groups is 1. The van der Waals surface area contributed by atoms with E-state index in [1.165, 1.54) is 4.90 Å². The number of aliphatic carboxylic acids is 1. The van der Waals surface area contributed by atoms with Crippen LogP contribution in [0.5, 0.6) is 0 Å². The first kappa shape index (κ1) is 14.8. The molecule has 6 nitrogen and oxygen atoms in total. The smallest absolute Gasteiger partial charge is 0.326 e. The van der Waals surface area contributed by atoms with Crippen molar-refractivity contribution in [2.45, 2.75) is 51.1 Å². The Bertz CT molecular complexity index is 566. The van der Waals surface area contributed by atoms with Gasteiger partial charge in [0.2, 0.25) is 5.91 Å². The number of amides is 1. The number of hydrogen-bond acceptors (Lipinski definition) is 4. The van der Waals surface area contributed by atoms with E-state index in [-0.39, 0.29) is 34.8 Å². The van der Waals surface area contributed by atoms with E-state index in [9.17, 15) is 23.1 Å². The molecule has 0 aromatic heterocycles. The van der Waals surface area contributed by atoms with Crippen molar-refractivity contribution in [3.63, 3.8) is 0 Å². The van der Waals surface area contributed by atoms with Crippen LogP contribution in [0.3, 0.4) is 0 Å². The fourth-order valence-corrected chi connectivity index (χ4v) is 5.17. The summed E-state index contributed by atoms with van der Waals surface area (Å²) >= 11 is 0. The van der Waals surface area contributed by atoms with Crippen LogP contribution in [0, 0.1) is 11.3 Å². The first-order valence-electron chi connectivity index (χ1n) is 7.51. The summed E-state index contributed by atoms with van der Waals surface area (Å²) in [5.41, 5.74) is -0.173. The third-order valence-corrected chi connectivity index (χ3v) is 6.93. The van der Waals surface area contributed by atoms with Crippen LogP contribution in [0.2, 0.25) is 0 Å². The van der Waals surface area contributed by atoms with Gasteiger partial charge in [0, 0.05) is 12.0 Å². The van der Waals surface area contributed by atoms with Gasteiger partial charge in [0.05, 0.1) is 11.5 Å². The topological polar surface area (TPSA) is 91.8 Å². The van der Waals surface area contributed by atoms with Gasteiger partial charge in [0.1, 0.15) is 15.9 Å². The van der Waals surface area contributed by atoms with Crippen LogP contribution < -0.4 is 0 Å². The number of carboxylic acids is 1. The van der Waals surface area contributed by atoms with E-state index in [0.29, 0.717) is 12.8 Å². The summed E-state index contributed by atoms with van der Waals surface area (Å²) in [4.78, 5) is 25.4. The van der Waals surface area contributed by atoms with Gasteiger partial charge in [-0.2, -0.15) is 0 Å². The van der Waals surface area contributed by atoms with Gasteiger partial charge < -0.3 is 10.0 Å². The molecule has 2 unspecified atom stereocenters. The molecule has 1 N–H and O–H groups in total. The van der Waals surface area contributed by atoms with Crippen LogP contribution in [0.15, 0.2) is 0 Å². The zero-order valence-electron chi connectivity index (χ0n) is 12.1. The largest absolute Gasteiger partial charge is 0.480 e. The van der Waals surface area contributed by atoms with Crippen molar-refractivity contribution in [2.24, 2.45) is 11.3 Å². The molecule has 0 aromatic carbocycles. The molecule has 2 saturated carbocycles. The molecule has 1 heterocycles. The van der Waals surface area contributed by atoms with Gasteiger partial charge in [-0.25, -0.2) is 13.2 Å². The van der Waals surface area contributed by atoms with Crippen LogP contribution in [0.4, 0.5) is 0 Å². The molecule has 21 heavy (non-hydrogen) atoms. The molecule has 1 saturated heterocycles. The Kier molecular flexibility index (Phi) is 3.31. The number of rotatable bonds is 4. The first-order valence-corrected chi connectivity index (χ1v) is 9.33. The number of carbonyl (C=O) groups is 2. The van der Waals surface area contributed by atoms with Crippen LogP contribution >= 0.6 is 0 Å². The summed E-state index contributed by atoms with van der Waals surface area (Å²) in [6, 6.07) is -0.733. The van der Waals surface area contributed by atoms with Gasteiger partial charge in [0.15, 0.2) is 0 Å². The molecule has 0 radical (unpaired) electrons. The Hall–Kier alpha value is -1.11. The molecule has 2 atom stereocenters. The fourth-order valence-electron chi connectivity index (χ4n) is 3.53. The Morgan fingerprint density at radius 2 is 1.81 bits per heavy atom. The summed E-state index contributed by atoms with van der Waals surface area (Å²) in [5.74, 6) is -0.901. The highest BCUT2D eigenvalue weighted by molar-refractivity contribution is 7.91. The average molecular weight is 315 g/mol. The Balaban J connectivity index is 1.70. The van der Waals surface area contributed by atoms with Crippen molar-refractivity contribution in [3.8, 4) is 0 Å². The predicted octanol–water partition coefficient (Wildman–Crippen LogP) is 0.665. The van der Waals surface area contributed by atoms with E-state index in [2.05, 4.69) is 0 Å². The number of nitrogens with zero attached hydrogens (tertiary/aromatic N) is 1.